The van der Waals surface area contributed by atoms with E-state index in [0.717, 1.165) is 41.6 Å². The fourth-order valence-electron chi connectivity index (χ4n) is 4.31. The summed E-state index contributed by atoms with van der Waals surface area (Å²) in [5, 5.41) is 9.41. The number of nitrogens with zero attached hydrogens (tertiary/aromatic N) is 3. The maximum absolute atomic E-state index is 14.3. The van der Waals surface area contributed by atoms with Crippen LogP contribution in [0.4, 0.5) is 4.39 Å². The molecule has 176 valence electrons. The summed E-state index contributed by atoms with van der Waals surface area (Å²) in [7, 11) is 0. The van der Waals surface area contributed by atoms with Gasteiger partial charge in [-0.15, -0.1) is 0 Å². The Morgan fingerprint density at radius 2 is 1.71 bits per heavy atom. The van der Waals surface area contributed by atoms with Gasteiger partial charge in [0.05, 0.1) is 23.9 Å². The molecule has 1 aromatic heterocycles. The van der Waals surface area contributed by atoms with Gasteiger partial charge in [-0.05, 0) is 48.6 Å². The number of unbranched alkanes of at least 4 members (excludes halogenated alkanes) is 1. The molecule has 0 aliphatic carbocycles. The summed E-state index contributed by atoms with van der Waals surface area (Å²) in [5.41, 5.74) is 5.27. The Labute approximate surface area is 205 Å². The molecule has 0 unspecified atom stereocenters. The van der Waals surface area contributed by atoms with Gasteiger partial charge in [-0.25, -0.2) is 9.37 Å². The molecule has 35 heavy (non-hydrogen) atoms. The number of hydrogen-bond donors (Lipinski definition) is 0. The van der Waals surface area contributed by atoms with Crippen LogP contribution >= 0.6 is 0 Å². The Bertz CT molecular complexity index is 1430. The predicted molar refractivity (Wildman–Crippen MR) is 137 cm³/mol. The predicted octanol–water partition coefficient (Wildman–Crippen LogP) is 6.21. The molecule has 4 nitrogen and oxygen atoms in total. The van der Waals surface area contributed by atoms with Gasteiger partial charge in [0.2, 0.25) is 0 Å². The van der Waals surface area contributed by atoms with Crippen LogP contribution in [0.3, 0.4) is 0 Å². The summed E-state index contributed by atoms with van der Waals surface area (Å²) in [6, 6.07) is 24.2. The molecule has 4 aromatic rings. The monoisotopic (exact) mass is 465 g/mol. The fraction of sp³-hybridized carbons (Fsp3) is 0.233. The van der Waals surface area contributed by atoms with E-state index in [-0.39, 0.29) is 17.9 Å². The first-order chi connectivity index (χ1) is 17.0. The van der Waals surface area contributed by atoms with Crippen LogP contribution in [-0.4, -0.2) is 9.55 Å². The van der Waals surface area contributed by atoms with E-state index in [1.54, 1.807) is 28.8 Å². The topological polar surface area (TPSA) is 58.7 Å². The Morgan fingerprint density at radius 3 is 2.43 bits per heavy atom. The first-order valence-corrected chi connectivity index (χ1v) is 11.9. The molecule has 0 fully saturated rings. The second-order valence-corrected chi connectivity index (χ2v) is 8.70. The largest absolute Gasteiger partial charge is 0.292 e. The summed E-state index contributed by atoms with van der Waals surface area (Å²) in [5.74, 6) is 0.264. The highest BCUT2D eigenvalue weighted by atomic mass is 19.1. The maximum Gasteiger partial charge on any atom is 0.257 e. The summed E-state index contributed by atoms with van der Waals surface area (Å²) in [6.07, 6.45) is 3.13. The number of aryl methyl sites for hydroxylation is 2. The molecule has 0 N–H and O–H groups in total. The van der Waals surface area contributed by atoms with Crippen LogP contribution in [0.5, 0.6) is 0 Å². The van der Waals surface area contributed by atoms with Crippen LogP contribution in [0.25, 0.3) is 11.1 Å². The van der Waals surface area contributed by atoms with E-state index in [2.05, 4.69) is 13.0 Å². The molecule has 5 heteroatoms. The van der Waals surface area contributed by atoms with Gasteiger partial charge in [-0.2, -0.15) is 5.26 Å². The number of hydrogen-bond acceptors (Lipinski definition) is 3. The van der Waals surface area contributed by atoms with Crippen molar-refractivity contribution < 1.29 is 4.39 Å². The SMILES string of the molecule is CCCCc1nc(C)n(Cc2ccccc2F)c(=O)c1Cc1ccc(-c2ccccc2C#N)cc1. The van der Waals surface area contributed by atoms with Crippen LogP contribution in [0.2, 0.25) is 0 Å². The lowest BCUT2D eigenvalue weighted by Crippen LogP contribution is -2.30. The van der Waals surface area contributed by atoms with Gasteiger partial charge in [0.25, 0.3) is 5.56 Å². The second kappa shape index (κ2) is 10.9. The Balaban J connectivity index is 1.70. The molecule has 0 amide bonds. The standard InChI is InChI=1S/C30H28FN3O/c1-3-4-13-29-27(30(35)34(21(2)33-29)20-25-10-6-8-12-28(25)31)18-22-14-16-23(17-15-22)26-11-7-5-9-24(26)19-32/h5-12,14-17H,3-4,13,18,20H2,1-2H3. The van der Waals surface area contributed by atoms with E-state index in [1.165, 1.54) is 6.07 Å². The van der Waals surface area contributed by atoms with Crippen molar-refractivity contribution in [3.8, 4) is 17.2 Å². The third kappa shape index (κ3) is 5.38. The van der Waals surface area contributed by atoms with Gasteiger partial charge in [-0.3, -0.25) is 9.36 Å². The number of aromatic nitrogens is 2. The van der Waals surface area contributed by atoms with Crippen LogP contribution in [-0.2, 0) is 19.4 Å². The van der Waals surface area contributed by atoms with Crippen LogP contribution in [0, 0.1) is 24.1 Å². The molecule has 0 spiro atoms. The van der Waals surface area contributed by atoms with Crippen LogP contribution < -0.4 is 5.56 Å². The average Bonchev–Trinajstić information content (AvgIpc) is 2.88. The van der Waals surface area contributed by atoms with Gasteiger partial charge < -0.3 is 0 Å². The zero-order valence-corrected chi connectivity index (χ0v) is 20.1. The van der Waals surface area contributed by atoms with Gasteiger partial charge in [0.15, 0.2) is 0 Å². The molecular formula is C30H28FN3O. The lowest BCUT2D eigenvalue weighted by molar-refractivity contribution is 0.585. The molecule has 3 aromatic carbocycles. The molecule has 0 radical (unpaired) electrons. The zero-order valence-electron chi connectivity index (χ0n) is 20.1. The van der Waals surface area contributed by atoms with Crippen LogP contribution in [0.1, 0.15) is 53.5 Å². The molecule has 0 saturated carbocycles. The van der Waals surface area contributed by atoms with Crippen molar-refractivity contribution in [3.05, 3.63) is 123 Å². The van der Waals surface area contributed by atoms with E-state index in [4.69, 9.17) is 4.98 Å². The van der Waals surface area contributed by atoms with Crippen molar-refractivity contribution in [1.82, 2.24) is 9.55 Å². The zero-order chi connectivity index (χ0) is 24.8. The smallest absolute Gasteiger partial charge is 0.257 e. The van der Waals surface area contributed by atoms with Gasteiger partial charge in [-0.1, -0.05) is 74.0 Å². The molecule has 4 rings (SSSR count). The summed E-state index contributed by atoms with van der Waals surface area (Å²) in [6.45, 7) is 4.07. The van der Waals surface area contributed by atoms with E-state index in [9.17, 15) is 14.4 Å². The quantitative estimate of drug-likeness (QED) is 0.311. The van der Waals surface area contributed by atoms with Gasteiger partial charge in [0, 0.05) is 17.5 Å². The minimum absolute atomic E-state index is 0.120. The van der Waals surface area contributed by atoms with Crippen molar-refractivity contribution in [2.24, 2.45) is 0 Å². The van der Waals surface area contributed by atoms with Crippen molar-refractivity contribution in [2.75, 3.05) is 0 Å². The van der Waals surface area contributed by atoms with E-state index < -0.39 is 0 Å². The molecule has 0 atom stereocenters. The number of halogens is 1. The van der Waals surface area contributed by atoms with Gasteiger partial charge in [0.1, 0.15) is 11.6 Å². The highest BCUT2D eigenvalue weighted by molar-refractivity contribution is 5.70. The fourth-order valence-corrected chi connectivity index (χ4v) is 4.31. The Hall–Kier alpha value is -4.04. The third-order valence-electron chi connectivity index (χ3n) is 6.29. The van der Waals surface area contributed by atoms with Crippen LogP contribution in [0.15, 0.2) is 77.6 Å². The van der Waals surface area contributed by atoms with E-state index >= 15 is 0 Å². The molecular weight excluding hydrogens is 437 g/mol. The van der Waals surface area contributed by atoms with Gasteiger partial charge >= 0.3 is 0 Å². The summed E-state index contributed by atoms with van der Waals surface area (Å²) in [4.78, 5) is 18.4. The number of benzene rings is 3. The third-order valence-corrected chi connectivity index (χ3v) is 6.29. The maximum atomic E-state index is 14.3. The molecule has 0 saturated heterocycles. The molecule has 0 aliphatic heterocycles. The normalized spacial score (nSPS) is 10.8. The van der Waals surface area contributed by atoms with E-state index in [0.29, 0.717) is 28.9 Å². The first-order valence-electron chi connectivity index (χ1n) is 11.9. The lowest BCUT2D eigenvalue weighted by atomic mass is 9.96. The van der Waals surface area contributed by atoms with Crippen molar-refractivity contribution in [1.29, 1.82) is 5.26 Å². The number of rotatable bonds is 8. The second-order valence-electron chi connectivity index (χ2n) is 8.70. The Kier molecular flexibility index (Phi) is 7.52. The van der Waals surface area contributed by atoms with Crippen molar-refractivity contribution in [2.45, 2.75) is 46.1 Å². The number of nitriles is 1. The molecule has 0 bridgehead atoms. The highest BCUT2D eigenvalue weighted by Gasteiger charge is 2.16. The van der Waals surface area contributed by atoms with Crippen molar-refractivity contribution in [3.63, 3.8) is 0 Å². The Morgan fingerprint density at radius 1 is 1.00 bits per heavy atom. The summed E-state index contributed by atoms with van der Waals surface area (Å²) < 4.78 is 15.9. The minimum Gasteiger partial charge on any atom is -0.292 e. The molecule has 0 aliphatic rings. The van der Waals surface area contributed by atoms with Crippen molar-refractivity contribution >= 4 is 0 Å². The molecule has 1 heterocycles. The lowest BCUT2D eigenvalue weighted by Gasteiger charge is -2.16. The average molecular weight is 466 g/mol. The first kappa shape index (κ1) is 24.1. The highest BCUT2D eigenvalue weighted by Crippen LogP contribution is 2.24. The summed E-state index contributed by atoms with van der Waals surface area (Å²) >= 11 is 0. The van der Waals surface area contributed by atoms with E-state index in [1.807, 2.05) is 49.4 Å². The minimum atomic E-state index is -0.330.